The second-order valence-corrected chi connectivity index (χ2v) is 5.05. The molecule has 0 spiro atoms. The summed E-state index contributed by atoms with van der Waals surface area (Å²) in [4.78, 5) is 11.4. The van der Waals surface area contributed by atoms with Crippen molar-refractivity contribution in [2.45, 2.75) is 13.5 Å². The molecule has 0 aliphatic carbocycles. The van der Waals surface area contributed by atoms with Gasteiger partial charge in [0.2, 0.25) is 0 Å². The van der Waals surface area contributed by atoms with Gasteiger partial charge in [-0.25, -0.2) is 0 Å². The van der Waals surface area contributed by atoms with E-state index in [4.69, 9.17) is 10.5 Å². The van der Waals surface area contributed by atoms with Crippen molar-refractivity contribution in [3.05, 3.63) is 47.5 Å². The minimum atomic E-state index is -0.155. The van der Waals surface area contributed by atoms with Gasteiger partial charge in [0.15, 0.2) is 6.61 Å². The smallest absolute Gasteiger partial charge is 0.262 e. The maximum absolute atomic E-state index is 11.4. The third-order valence-corrected chi connectivity index (χ3v) is 3.52. The van der Waals surface area contributed by atoms with Crippen molar-refractivity contribution in [3.8, 4) is 5.75 Å². The quantitative estimate of drug-likeness (QED) is 0.757. The van der Waals surface area contributed by atoms with E-state index < -0.39 is 0 Å². The van der Waals surface area contributed by atoms with E-state index >= 15 is 0 Å². The van der Waals surface area contributed by atoms with Crippen molar-refractivity contribution in [1.29, 1.82) is 0 Å². The number of amides is 1. The number of benzene rings is 2. The molecule has 0 fully saturated rings. The van der Waals surface area contributed by atoms with Crippen molar-refractivity contribution < 1.29 is 9.53 Å². The van der Waals surface area contributed by atoms with Crippen LogP contribution in [0.15, 0.2) is 36.4 Å². The number of nitrogens with two attached hydrogens (primary N) is 1. The van der Waals surface area contributed by atoms with Gasteiger partial charge in [-0.3, -0.25) is 4.79 Å². The highest BCUT2D eigenvalue weighted by Gasteiger charge is 2.17. The highest BCUT2D eigenvalue weighted by Crippen LogP contribution is 2.35. The molecule has 0 saturated heterocycles. The predicted molar refractivity (Wildman–Crippen MR) is 83.5 cm³/mol. The normalized spacial score (nSPS) is 13.1. The second kappa shape index (κ2) is 5.36. The molecule has 0 unspecified atom stereocenters. The van der Waals surface area contributed by atoms with E-state index in [9.17, 15) is 4.79 Å². The Hall–Kier alpha value is -2.69. The second-order valence-electron chi connectivity index (χ2n) is 5.05. The van der Waals surface area contributed by atoms with E-state index in [1.807, 2.05) is 12.1 Å². The molecule has 5 heteroatoms. The molecule has 1 aliphatic heterocycles. The summed E-state index contributed by atoms with van der Waals surface area (Å²) >= 11 is 0. The third kappa shape index (κ3) is 2.76. The lowest BCUT2D eigenvalue weighted by Gasteiger charge is -2.20. The molecule has 5 nitrogen and oxygen atoms in total. The van der Waals surface area contributed by atoms with Crippen molar-refractivity contribution in [1.82, 2.24) is 0 Å². The van der Waals surface area contributed by atoms with Gasteiger partial charge in [-0.05, 0) is 24.1 Å². The van der Waals surface area contributed by atoms with Crippen LogP contribution in [0.3, 0.4) is 0 Å². The summed E-state index contributed by atoms with van der Waals surface area (Å²) in [5.41, 5.74) is 10.5. The summed E-state index contributed by atoms with van der Waals surface area (Å²) in [7, 11) is 0. The summed E-state index contributed by atoms with van der Waals surface area (Å²) < 4.78 is 5.33. The van der Waals surface area contributed by atoms with E-state index in [2.05, 4.69) is 29.7 Å². The molecule has 1 heterocycles. The van der Waals surface area contributed by atoms with Gasteiger partial charge in [0.05, 0.1) is 17.1 Å². The Morgan fingerprint density at radius 2 is 2.14 bits per heavy atom. The van der Waals surface area contributed by atoms with Gasteiger partial charge in [-0.1, -0.05) is 24.3 Å². The van der Waals surface area contributed by atoms with Crippen molar-refractivity contribution in [2.24, 2.45) is 0 Å². The van der Waals surface area contributed by atoms with Crippen molar-refractivity contribution in [3.63, 3.8) is 0 Å². The summed E-state index contributed by atoms with van der Waals surface area (Å²) in [5.74, 6) is 0.450. The molecule has 0 aromatic heterocycles. The Kier molecular flexibility index (Phi) is 3.39. The zero-order chi connectivity index (χ0) is 14.8. The van der Waals surface area contributed by atoms with Crippen LogP contribution in [0.5, 0.6) is 5.75 Å². The van der Waals surface area contributed by atoms with Crippen LogP contribution in [0.1, 0.15) is 11.1 Å². The van der Waals surface area contributed by atoms with E-state index in [0.717, 1.165) is 5.69 Å². The van der Waals surface area contributed by atoms with Crippen molar-refractivity contribution >= 4 is 23.0 Å². The number of nitrogen functional groups attached to an aromatic ring is 1. The first-order chi connectivity index (χ1) is 10.1. The minimum absolute atomic E-state index is 0.0302. The number of hydrogen-bond acceptors (Lipinski definition) is 4. The van der Waals surface area contributed by atoms with Crippen LogP contribution in [0.4, 0.5) is 17.1 Å². The Labute approximate surface area is 123 Å². The lowest BCUT2D eigenvalue weighted by molar-refractivity contribution is -0.118. The molecular formula is C16H17N3O2. The number of nitrogens with one attached hydrogen (secondary N) is 2. The maximum Gasteiger partial charge on any atom is 0.262 e. The number of carbonyl (C=O) groups excluding carboxylic acids is 1. The van der Waals surface area contributed by atoms with E-state index in [0.29, 0.717) is 23.7 Å². The molecule has 0 radical (unpaired) electrons. The molecular weight excluding hydrogens is 266 g/mol. The van der Waals surface area contributed by atoms with Gasteiger partial charge >= 0.3 is 0 Å². The molecule has 1 aliphatic rings. The lowest BCUT2D eigenvalue weighted by atomic mass is 10.1. The van der Waals surface area contributed by atoms with Crippen molar-refractivity contribution in [2.75, 3.05) is 23.0 Å². The predicted octanol–water partition coefficient (Wildman–Crippen LogP) is 2.52. The van der Waals surface area contributed by atoms with Gasteiger partial charge in [0.1, 0.15) is 5.75 Å². The van der Waals surface area contributed by atoms with Crippen LogP contribution >= 0.6 is 0 Å². The molecule has 2 aromatic carbocycles. The van der Waals surface area contributed by atoms with Gasteiger partial charge in [-0.2, -0.15) is 0 Å². The summed E-state index contributed by atoms with van der Waals surface area (Å²) in [5, 5.41) is 6.08. The fourth-order valence-electron chi connectivity index (χ4n) is 2.29. The lowest BCUT2D eigenvalue weighted by Crippen LogP contribution is -2.25. The first-order valence-electron chi connectivity index (χ1n) is 6.78. The standard InChI is InChI=1S/C16H17N3O2/c1-10-4-2-3-5-11(10)8-18-13-7-14-15(6-12(13)17)21-9-16(20)19-14/h2-7,18H,8-9,17H2,1H3,(H,19,20). The van der Waals surface area contributed by atoms with Crippen LogP contribution < -0.4 is 21.1 Å². The highest BCUT2D eigenvalue weighted by atomic mass is 16.5. The number of aryl methyl sites for hydroxylation is 1. The molecule has 21 heavy (non-hydrogen) atoms. The number of anilines is 3. The summed E-state index contributed by atoms with van der Waals surface area (Å²) in [6, 6.07) is 11.7. The number of carbonyl (C=O) groups is 1. The molecule has 0 saturated carbocycles. The Morgan fingerprint density at radius 3 is 2.95 bits per heavy atom. The third-order valence-electron chi connectivity index (χ3n) is 3.52. The van der Waals surface area contributed by atoms with Gasteiger partial charge in [0.25, 0.3) is 5.91 Å². The topological polar surface area (TPSA) is 76.4 Å². The van der Waals surface area contributed by atoms with E-state index in [1.165, 1.54) is 11.1 Å². The van der Waals surface area contributed by atoms with Gasteiger partial charge in [-0.15, -0.1) is 0 Å². The Balaban J connectivity index is 1.81. The number of rotatable bonds is 3. The van der Waals surface area contributed by atoms with Crippen LogP contribution in [0.25, 0.3) is 0 Å². The minimum Gasteiger partial charge on any atom is -0.482 e. The van der Waals surface area contributed by atoms with Crippen LogP contribution in [0, 0.1) is 6.92 Å². The molecule has 4 N–H and O–H groups in total. The monoisotopic (exact) mass is 283 g/mol. The molecule has 0 bridgehead atoms. The molecule has 3 rings (SSSR count). The van der Waals surface area contributed by atoms with Gasteiger partial charge in [0, 0.05) is 12.6 Å². The average Bonchev–Trinajstić information content (AvgIpc) is 2.47. The van der Waals surface area contributed by atoms with Crippen LogP contribution in [0.2, 0.25) is 0 Å². The fraction of sp³-hybridized carbons (Fsp3) is 0.188. The summed E-state index contributed by atoms with van der Waals surface area (Å²) in [6.07, 6.45) is 0. The summed E-state index contributed by atoms with van der Waals surface area (Å²) in [6.45, 7) is 2.77. The largest absolute Gasteiger partial charge is 0.482 e. The molecule has 108 valence electrons. The number of hydrogen-bond donors (Lipinski definition) is 3. The Bertz CT molecular complexity index is 698. The number of fused-ring (bicyclic) bond motifs is 1. The van der Waals surface area contributed by atoms with Crippen LogP contribution in [-0.4, -0.2) is 12.5 Å². The highest BCUT2D eigenvalue weighted by molar-refractivity contribution is 5.97. The molecule has 0 atom stereocenters. The zero-order valence-corrected chi connectivity index (χ0v) is 11.8. The van der Waals surface area contributed by atoms with Gasteiger partial charge < -0.3 is 21.1 Å². The maximum atomic E-state index is 11.4. The van der Waals surface area contributed by atoms with Crippen LogP contribution in [-0.2, 0) is 11.3 Å². The first-order valence-corrected chi connectivity index (χ1v) is 6.78. The zero-order valence-electron chi connectivity index (χ0n) is 11.8. The Morgan fingerprint density at radius 1 is 1.33 bits per heavy atom. The average molecular weight is 283 g/mol. The van der Waals surface area contributed by atoms with E-state index in [1.54, 1.807) is 12.1 Å². The SMILES string of the molecule is Cc1ccccc1CNc1cc2c(cc1N)OCC(=O)N2. The molecule has 2 aromatic rings. The van der Waals surface area contributed by atoms with E-state index in [-0.39, 0.29) is 12.5 Å². The first kappa shape index (κ1) is 13.3. The number of ether oxygens (including phenoxy) is 1. The fourth-order valence-corrected chi connectivity index (χ4v) is 2.29. The molecule has 1 amide bonds.